The first-order valence-corrected chi connectivity index (χ1v) is 5.85. The van der Waals surface area contributed by atoms with Crippen LogP contribution in [0.15, 0.2) is 12.1 Å². The van der Waals surface area contributed by atoms with Crippen LogP contribution in [0.2, 0.25) is 0 Å². The molecule has 0 saturated heterocycles. The standard InChI is InChI=1S/C12H18N4O/c1-4-5-8(2)16-11-9(14-12(16)13)6-7-10(15-11)17-3/h6-8H,4-5H2,1-3H3,(H2,13,14). The highest BCUT2D eigenvalue weighted by atomic mass is 16.5. The molecule has 2 heterocycles. The van der Waals surface area contributed by atoms with Crippen LogP contribution in [0.5, 0.6) is 5.88 Å². The number of anilines is 1. The van der Waals surface area contributed by atoms with Crippen molar-refractivity contribution in [3.8, 4) is 5.88 Å². The molecule has 17 heavy (non-hydrogen) atoms. The summed E-state index contributed by atoms with van der Waals surface area (Å²) in [7, 11) is 1.60. The van der Waals surface area contributed by atoms with Gasteiger partial charge in [-0.3, -0.25) is 4.57 Å². The lowest BCUT2D eigenvalue weighted by Crippen LogP contribution is -2.09. The van der Waals surface area contributed by atoms with Gasteiger partial charge >= 0.3 is 0 Å². The van der Waals surface area contributed by atoms with E-state index in [-0.39, 0.29) is 0 Å². The van der Waals surface area contributed by atoms with Crippen molar-refractivity contribution in [2.75, 3.05) is 12.8 Å². The fourth-order valence-corrected chi connectivity index (χ4v) is 2.07. The topological polar surface area (TPSA) is 66.0 Å². The zero-order valence-electron chi connectivity index (χ0n) is 10.5. The molecule has 0 aromatic carbocycles. The van der Waals surface area contributed by atoms with Crippen molar-refractivity contribution in [2.24, 2.45) is 0 Å². The molecule has 0 aliphatic rings. The summed E-state index contributed by atoms with van der Waals surface area (Å²) in [6.07, 6.45) is 2.15. The van der Waals surface area contributed by atoms with Gasteiger partial charge in [-0.15, -0.1) is 0 Å². The monoisotopic (exact) mass is 234 g/mol. The van der Waals surface area contributed by atoms with Gasteiger partial charge in [0, 0.05) is 12.1 Å². The van der Waals surface area contributed by atoms with E-state index in [1.165, 1.54) is 0 Å². The molecular weight excluding hydrogens is 216 g/mol. The van der Waals surface area contributed by atoms with Gasteiger partial charge in [0.1, 0.15) is 5.52 Å². The summed E-state index contributed by atoms with van der Waals surface area (Å²) in [4.78, 5) is 8.73. The lowest BCUT2D eigenvalue weighted by molar-refractivity contribution is 0.398. The van der Waals surface area contributed by atoms with E-state index in [1.54, 1.807) is 13.2 Å². The summed E-state index contributed by atoms with van der Waals surface area (Å²) < 4.78 is 7.11. The summed E-state index contributed by atoms with van der Waals surface area (Å²) in [6.45, 7) is 4.28. The molecule has 0 amide bonds. The SMILES string of the molecule is CCCC(C)n1c(N)nc2ccc(OC)nc21. The Morgan fingerprint density at radius 3 is 2.82 bits per heavy atom. The lowest BCUT2D eigenvalue weighted by atomic mass is 10.2. The Balaban J connectivity index is 2.55. The molecule has 2 aromatic heterocycles. The van der Waals surface area contributed by atoms with Crippen LogP contribution < -0.4 is 10.5 Å². The second-order valence-electron chi connectivity index (χ2n) is 4.17. The molecule has 0 bridgehead atoms. The van der Waals surface area contributed by atoms with Gasteiger partial charge in [-0.05, 0) is 19.4 Å². The predicted molar refractivity (Wildman–Crippen MR) is 68.1 cm³/mol. The van der Waals surface area contributed by atoms with E-state index in [1.807, 2.05) is 10.6 Å². The summed E-state index contributed by atoms with van der Waals surface area (Å²) in [5.41, 5.74) is 7.55. The molecule has 0 saturated carbocycles. The number of nitrogen functional groups attached to an aromatic ring is 1. The van der Waals surface area contributed by atoms with Gasteiger partial charge in [-0.2, -0.15) is 4.98 Å². The molecule has 0 radical (unpaired) electrons. The number of rotatable bonds is 4. The number of hydrogen-bond acceptors (Lipinski definition) is 4. The number of pyridine rings is 1. The number of nitrogens with zero attached hydrogens (tertiary/aromatic N) is 3. The van der Waals surface area contributed by atoms with Crippen molar-refractivity contribution in [2.45, 2.75) is 32.7 Å². The van der Waals surface area contributed by atoms with Gasteiger partial charge in [-0.1, -0.05) is 13.3 Å². The predicted octanol–water partition coefficient (Wildman–Crippen LogP) is 2.38. The Morgan fingerprint density at radius 1 is 1.41 bits per heavy atom. The highest BCUT2D eigenvalue weighted by molar-refractivity contribution is 5.75. The summed E-state index contributed by atoms with van der Waals surface area (Å²) in [5.74, 6) is 1.10. The maximum absolute atomic E-state index is 5.95. The summed E-state index contributed by atoms with van der Waals surface area (Å²) in [5, 5.41) is 0. The first-order valence-electron chi connectivity index (χ1n) is 5.85. The molecule has 2 rings (SSSR count). The van der Waals surface area contributed by atoms with E-state index < -0.39 is 0 Å². The van der Waals surface area contributed by atoms with Crippen molar-refractivity contribution >= 4 is 17.1 Å². The van der Waals surface area contributed by atoms with Crippen molar-refractivity contribution < 1.29 is 4.74 Å². The van der Waals surface area contributed by atoms with E-state index in [2.05, 4.69) is 23.8 Å². The highest BCUT2D eigenvalue weighted by Crippen LogP contribution is 2.25. The average Bonchev–Trinajstić information content (AvgIpc) is 2.64. The summed E-state index contributed by atoms with van der Waals surface area (Å²) >= 11 is 0. The molecule has 92 valence electrons. The Kier molecular flexibility index (Phi) is 3.17. The van der Waals surface area contributed by atoms with Gasteiger partial charge < -0.3 is 10.5 Å². The van der Waals surface area contributed by atoms with Gasteiger partial charge in [0.25, 0.3) is 0 Å². The molecule has 2 aromatic rings. The van der Waals surface area contributed by atoms with Crippen molar-refractivity contribution in [3.63, 3.8) is 0 Å². The van der Waals surface area contributed by atoms with E-state index in [4.69, 9.17) is 10.5 Å². The zero-order valence-corrected chi connectivity index (χ0v) is 10.5. The number of ether oxygens (including phenoxy) is 1. The minimum absolute atomic E-state index is 0.296. The average molecular weight is 234 g/mol. The van der Waals surface area contributed by atoms with Crippen LogP contribution in [-0.2, 0) is 0 Å². The fourth-order valence-electron chi connectivity index (χ4n) is 2.07. The van der Waals surface area contributed by atoms with Gasteiger partial charge in [-0.25, -0.2) is 4.98 Å². The molecule has 1 atom stereocenters. The summed E-state index contributed by atoms with van der Waals surface area (Å²) in [6, 6.07) is 3.97. The molecular formula is C12H18N4O. The maximum Gasteiger partial charge on any atom is 0.215 e. The molecule has 0 aliphatic carbocycles. The molecule has 0 spiro atoms. The van der Waals surface area contributed by atoms with Crippen LogP contribution in [0.1, 0.15) is 32.7 Å². The van der Waals surface area contributed by atoms with Crippen LogP contribution in [0, 0.1) is 0 Å². The van der Waals surface area contributed by atoms with Crippen LogP contribution in [0.4, 0.5) is 5.95 Å². The van der Waals surface area contributed by atoms with Crippen LogP contribution in [0.3, 0.4) is 0 Å². The van der Waals surface area contributed by atoms with Crippen molar-refractivity contribution in [1.29, 1.82) is 0 Å². The number of fused-ring (bicyclic) bond motifs is 1. The largest absolute Gasteiger partial charge is 0.481 e. The number of hydrogen-bond donors (Lipinski definition) is 1. The Hall–Kier alpha value is -1.78. The molecule has 5 nitrogen and oxygen atoms in total. The van der Waals surface area contributed by atoms with Crippen LogP contribution >= 0.6 is 0 Å². The van der Waals surface area contributed by atoms with Crippen LogP contribution in [-0.4, -0.2) is 21.6 Å². The third-order valence-electron chi connectivity index (χ3n) is 2.90. The van der Waals surface area contributed by atoms with E-state index >= 15 is 0 Å². The third-order valence-corrected chi connectivity index (χ3v) is 2.90. The second kappa shape index (κ2) is 4.61. The first-order chi connectivity index (χ1) is 8.17. The molecule has 5 heteroatoms. The zero-order chi connectivity index (χ0) is 12.4. The first kappa shape index (κ1) is 11.7. The second-order valence-corrected chi connectivity index (χ2v) is 4.17. The number of nitrogens with two attached hydrogens (primary N) is 1. The van der Waals surface area contributed by atoms with Gasteiger partial charge in [0.05, 0.1) is 7.11 Å². The fraction of sp³-hybridized carbons (Fsp3) is 0.500. The quantitative estimate of drug-likeness (QED) is 0.882. The van der Waals surface area contributed by atoms with E-state index in [0.717, 1.165) is 24.0 Å². The molecule has 0 fully saturated rings. The van der Waals surface area contributed by atoms with Crippen LogP contribution in [0.25, 0.3) is 11.2 Å². The lowest BCUT2D eigenvalue weighted by Gasteiger charge is -2.14. The minimum Gasteiger partial charge on any atom is -0.481 e. The Labute approximate surface area is 101 Å². The van der Waals surface area contributed by atoms with Crippen molar-refractivity contribution in [3.05, 3.63) is 12.1 Å². The smallest absolute Gasteiger partial charge is 0.215 e. The molecule has 1 unspecified atom stereocenters. The number of imidazole rings is 1. The maximum atomic E-state index is 5.95. The van der Waals surface area contributed by atoms with E-state index in [9.17, 15) is 0 Å². The number of methoxy groups -OCH3 is 1. The Bertz CT molecular complexity index is 520. The van der Waals surface area contributed by atoms with Gasteiger partial charge in [0.2, 0.25) is 11.8 Å². The highest BCUT2D eigenvalue weighted by Gasteiger charge is 2.15. The number of aromatic nitrogens is 3. The van der Waals surface area contributed by atoms with Crippen molar-refractivity contribution in [1.82, 2.24) is 14.5 Å². The molecule has 2 N–H and O–H groups in total. The normalized spacial score (nSPS) is 12.9. The Morgan fingerprint density at radius 2 is 2.18 bits per heavy atom. The van der Waals surface area contributed by atoms with E-state index in [0.29, 0.717) is 17.9 Å². The van der Waals surface area contributed by atoms with Gasteiger partial charge in [0.15, 0.2) is 5.65 Å². The third kappa shape index (κ3) is 2.05. The molecule has 0 aliphatic heterocycles. The minimum atomic E-state index is 0.296.